The van der Waals surface area contributed by atoms with Crippen LogP contribution < -0.4 is 5.32 Å². The molecular weight excluding hydrogens is 170 g/mol. The summed E-state index contributed by atoms with van der Waals surface area (Å²) in [6.07, 6.45) is 1.93. The molecule has 0 bridgehead atoms. The lowest BCUT2D eigenvalue weighted by Gasteiger charge is -2.19. The number of rotatable bonds is 4. The molecule has 1 N–H and O–H groups in total. The van der Waals surface area contributed by atoms with E-state index in [-0.39, 0.29) is 0 Å². The van der Waals surface area contributed by atoms with Gasteiger partial charge in [-0.2, -0.15) is 0 Å². The molecule has 1 nitrogen and oxygen atoms in total. The van der Waals surface area contributed by atoms with E-state index in [1.807, 2.05) is 6.08 Å². The first-order chi connectivity index (χ1) is 6.65. The molecule has 1 heteroatoms. The molecule has 0 aliphatic rings. The number of hydrogen-bond acceptors (Lipinski definition) is 1. The molecule has 1 aromatic rings. The molecule has 0 aromatic heterocycles. The van der Waals surface area contributed by atoms with Crippen molar-refractivity contribution >= 4 is 0 Å². The van der Waals surface area contributed by atoms with E-state index in [4.69, 9.17) is 0 Å². The van der Waals surface area contributed by atoms with Crippen LogP contribution in [0.1, 0.15) is 31.0 Å². The van der Waals surface area contributed by atoms with Crippen molar-refractivity contribution < 1.29 is 0 Å². The first-order valence-electron chi connectivity index (χ1n) is 5.09. The standard InChI is InChI=1S/C13H19N/c1-5-11(3)14-12(4)13-9-7-6-8-10(13)2/h5-9,11-12,14H,1H2,2-4H3. The maximum Gasteiger partial charge on any atom is 0.0299 e. The van der Waals surface area contributed by atoms with Crippen molar-refractivity contribution in [3.05, 3.63) is 48.0 Å². The third-order valence-electron chi connectivity index (χ3n) is 2.52. The highest BCUT2D eigenvalue weighted by atomic mass is 14.9. The zero-order valence-electron chi connectivity index (χ0n) is 9.25. The van der Waals surface area contributed by atoms with E-state index in [0.29, 0.717) is 12.1 Å². The lowest BCUT2D eigenvalue weighted by Crippen LogP contribution is -2.27. The summed E-state index contributed by atoms with van der Waals surface area (Å²) in [5, 5.41) is 3.47. The number of benzene rings is 1. The quantitative estimate of drug-likeness (QED) is 0.717. The van der Waals surface area contributed by atoms with Crippen molar-refractivity contribution in [2.24, 2.45) is 0 Å². The molecular formula is C13H19N. The lowest BCUT2D eigenvalue weighted by molar-refractivity contribution is 0.535. The van der Waals surface area contributed by atoms with Gasteiger partial charge in [-0.25, -0.2) is 0 Å². The van der Waals surface area contributed by atoms with Gasteiger partial charge in [-0.3, -0.25) is 0 Å². The fraction of sp³-hybridized carbons (Fsp3) is 0.385. The summed E-state index contributed by atoms with van der Waals surface area (Å²) >= 11 is 0. The fourth-order valence-electron chi connectivity index (χ4n) is 1.62. The molecule has 0 fully saturated rings. The average molecular weight is 189 g/mol. The highest BCUT2D eigenvalue weighted by Crippen LogP contribution is 2.16. The Morgan fingerprint density at radius 3 is 2.50 bits per heavy atom. The Morgan fingerprint density at radius 2 is 1.93 bits per heavy atom. The number of aryl methyl sites for hydroxylation is 1. The van der Waals surface area contributed by atoms with E-state index in [1.165, 1.54) is 11.1 Å². The third-order valence-corrected chi connectivity index (χ3v) is 2.52. The molecule has 2 atom stereocenters. The SMILES string of the molecule is C=CC(C)NC(C)c1ccccc1C. The van der Waals surface area contributed by atoms with Crippen molar-refractivity contribution in [2.75, 3.05) is 0 Å². The van der Waals surface area contributed by atoms with Gasteiger partial charge in [-0.1, -0.05) is 30.3 Å². The van der Waals surface area contributed by atoms with Gasteiger partial charge < -0.3 is 5.32 Å². The Balaban J connectivity index is 2.74. The average Bonchev–Trinajstić information content (AvgIpc) is 2.18. The van der Waals surface area contributed by atoms with E-state index < -0.39 is 0 Å². The van der Waals surface area contributed by atoms with Crippen LogP contribution in [0.5, 0.6) is 0 Å². The topological polar surface area (TPSA) is 12.0 Å². The Bertz CT molecular complexity index is 304. The lowest BCUT2D eigenvalue weighted by atomic mass is 10.0. The molecule has 0 spiro atoms. The first kappa shape index (κ1) is 11.0. The minimum Gasteiger partial charge on any atom is -0.304 e. The van der Waals surface area contributed by atoms with Crippen molar-refractivity contribution in [3.63, 3.8) is 0 Å². The largest absolute Gasteiger partial charge is 0.304 e. The van der Waals surface area contributed by atoms with Crippen molar-refractivity contribution in [1.82, 2.24) is 5.32 Å². The molecule has 0 saturated carbocycles. The highest BCUT2D eigenvalue weighted by molar-refractivity contribution is 5.28. The van der Waals surface area contributed by atoms with Crippen LogP contribution in [-0.2, 0) is 0 Å². The van der Waals surface area contributed by atoms with Gasteiger partial charge in [-0.15, -0.1) is 6.58 Å². The fourth-order valence-corrected chi connectivity index (χ4v) is 1.62. The Kier molecular flexibility index (Phi) is 3.90. The number of hydrogen-bond donors (Lipinski definition) is 1. The third kappa shape index (κ3) is 2.71. The van der Waals surface area contributed by atoms with Crippen LogP contribution in [0, 0.1) is 6.92 Å². The van der Waals surface area contributed by atoms with Crippen molar-refractivity contribution in [2.45, 2.75) is 32.9 Å². The highest BCUT2D eigenvalue weighted by Gasteiger charge is 2.08. The molecule has 2 unspecified atom stereocenters. The maximum absolute atomic E-state index is 3.77. The van der Waals surface area contributed by atoms with Gasteiger partial charge in [0.25, 0.3) is 0 Å². The molecule has 1 aromatic carbocycles. The van der Waals surface area contributed by atoms with Gasteiger partial charge in [0.15, 0.2) is 0 Å². The number of nitrogens with one attached hydrogen (secondary N) is 1. The molecule has 0 heterocycles. The van der Waals surface area contributed by atoms with Crippen LogP contribution in [0.15, 0.2) is 36.9 Å². The van der Waals surface area contributed by atoms with Crippen LogP contribution in [0.3, 0.4) is 0 Å². The summed E-state index contributed by atoms with van der Waals surface area (Å²) < 4.78 is 0. The summed E-state index contributed by atoms with van der Waals surface area (Å²) in [7, 11) is 0. The minimum atomic E-state index is 0.351. The normalized spacial score (nSPS) is 14.8. The van der Waals surface area contributed by atoms with Crippen LogP contribution >= 0.6 is 0 Å². The Morgan fingerprint density at radius 1 is 1.29 bits per heavy atom. The second-order valence-corrected chi connectivity index (χ2v) is 3.77. The van der Waals surface area contributed by atoms with Gasteiger partial charge in [0.1, 0.15) is 0 Å². The molecule has 14 heavy (non-hydrogen) atoms. The summed E-state index contributed by atoms with van der Waals surface area (Å²) in [4.78, 5) is 0. The predicted molar refractivity (Wildman–Crippen MR) is 62.4 cm³/mol. The molecule has 1 rings (SSSR count). The molecule has 0 aliphatic carbocycles. The summed E-state index contributed by atoms with van der Waals surface area (Å²) in [5.41, 5.74) is 2.70. The minimum absolute atomic E-state index is 0.351. The van der Waals surface area contributed by atoms with E-state index in [2.05, 4.69) is 56.9 Å². The van der Waals surface area contributed by atoms with Gasteiger partial charge in [0, 0.05) is 12.1 Å². The molecule has 0 radical (unpaired) electrons. The van der Waals surface area contributed by atoms with Gasteiger partial charge in [0.2, 0.25) is 0 Å². The molecule has 0 amide bonds. The van der Waals surface area contributed by atoms with Crippen LogP contribution in [0.4, 0.5) is 0 Å². The first-order valence-corrected chi connectivity index (χ1v) is 5.09. The second kappa shape index (κ2) is 4.97. The zero-order chi connectivity index (χ0) is 10.6. The van der Waals surface area contributed by atoms with E-state index in [9.17, 15) is 0 Å². The Labute approximate surface area is 86.8 Å². The van der Waals surface area contributed by atoms with Gasteiger partial charge in [-0.05, 0) is 31.9 Å². The van der Waals surface area contributed by atoms with Crippen molar-refractivity contribution in [1.29, 1.82) is 0 Å². The van der Waals surface area contributed by atoms with E-state index in [0.717, 1.165) is 0 Å². The summed E-state index contributed by atoms with van der Waals surface area (Å²) in [6, 6.07) is 9.20. The van der Waals surface area contributed by atoms with E-state index >= 15 is 0 Å². The van der Waals surface area contributed by atoms with Gasteiger partial charge in [0.05, 0.1) is 0 Å². The maximum atomic E-state index is 3.77. The molecule has 0 saturated heterocycles. The smallest absolute Gasteiger partial charge is 0.0299 e. The van der Waals surface area contributed by atoms with Crippen LogP contribution in [0.25, 0.3) is 0 Å². The Hall–Kier alpha value is -1.08. The summed E-state index contributed by atoms with van der Waals surface area (Å²) in [6.45, 7) is 10.2. The van der Waals surface area contributed by atoms with Crippen LogP contribution in [-0.4, -0.2) is 6.04 Å². The second-order valence-electron chi connectivity index (χ2n) is 3.77. The zero-order valence-corrected chi connectivity index (χ0v) is 9.25. The molecule has 0 aliphatic heterocycles. The summed E-state index contributed by atoms with van der Waals surface area (Å²) in [5.74, 6) is 0. The monoisotopic (exact) mass is 189 g/mol. The molecule has 76 valence electrons. The van der Waals surface area contributed by atoms with E-state index in [1.54, 1.807) is 0 Å². The van der Waals surface area contributed by atoms with Crippen molar-refractivity contribution in [3.8, 4) is 0 Å². The van der Waals surface area contributed by atoms with Gasteiger partial charge >= 0.3 is 0 Å². The predicted octanol–water partition coefficient (Wildman–Crippen LogP) is 3.22. The van der Waals surface area contributed by atoms with Crippen LogP contribution in [0.2, 0.25) is 0 Å².